The van der Waals surface area contributed by atoms with E-state index in [1.54, 1.807) is 0 Å². The number of carbonyl (C=O) groups excluding carboxylic acids is 1. The van der Waals surface area contributed by atoms with Crippen molar-refractivity contribution in [1.29, 1.82) is 0 Å². The fraction of sp³-hybridized carbons (Fsp3) is 0.833. The third-order valence-corrected chi connectivity index (χ3v) is 3.74. The van der Waals surface area contributed by atoms with Crippen LogP contribution in [0.5, 0.6) is 0 Å². The minimum atomic E-state index is -0.429. The SMILES string of the molecule is CCCCC#CCCOC(CCCC)C(=O)OCCCCBr. The van der Waals surface area contributed by atoms with E-state index in [2.05, 4.69) is 41.6 Å². The van der Waals surface area contributed by atoms with Gasteiger partial charge in [-0.1, -0.05) is 49.0 Å². The average molecular weight is 375 g/mol. The number of halogens is 1. The van der Waals surface area contributed by atoms with Gasteiger partial charge in [-0.2, -0.15) is 0 Å². The molecule has 0 fully saturated rings. The molecule has 22 heavy (non-hydrogen) atoms. The Labute approximate surface area is 144 Å². The fourth-order valence-corrected chi connectivity index (χ4v) is 2.21. The zero-order valence-electron chi connectivity index (χ0n) is 14.2. The zero-order chi connectivity index (χ0) is 16.5. The van der Waals surface area contributed by atoms with E-state index >= 15 is 0 Å². The van der Waals surface area contributed by atoms with Gasteiger partial charge in [0.2, 0.25) is 0 Å². The largest absolute Gasteiger partial charge is 0.464 e. The number of carbonyl (C=O) groups is 1. The Morgan fingerprint density at radius 3 is 2.41 bits per heavy atom. The first-order chi connectivity index (χ1) is 10.8. The molecular weight excluding hydrogens is 344 g/mol. The summed E-state index contributed by atoms with van der Waals surface area (Å²) in [6.45, 7) is 5.25. The van der Waals surface area contributed by atoms with Crippen LogP contribution >= 0.6 is 15.9 Å². The maximum absolute atomic E-state index is 12.0. The van der Waals surface area contributed by atoms with Gasteiger partial charge in [0.15, 0.2) is 6.10 Å². The summed E-state index contributed by atoms with van der Waals surface area (Å²) in [5, 5.41) is 0.941. The second-order valence-electron chi connectivity index (χ2n) is 5.27. The summed E-state index contributed by atoms with van der Waals surface area (Å²) in [6.07, 6.45) is 8.18. The Kier molecular flexibility index (Phi) is 16.4. The van der Waals surface area contributed by atoms with Crippen LogP contribution in [-0.2, 0) is 14.3 Å². The van der Waals surface area contributed by atoms with E-state index in [1.165, 1.54) is 6.42 Å². The summed E-state index contributed by atoms with van der Waals surface area (Å²) in [5.41, 5.74) is 0. The van der Waals surface area contributed by atoms with E-state index in [0.717, 1.165) is 50.3 Å². The molecule has 0 aromatic heterocycles. The third kappa shape index (κ3) is 13.2. The number of esters is 1. The van der Waals surface area contributed by atoms with Crippen molar-refractivity contribution in [3.8, 4) is 11.8 Å². The Morgan fingerprint density at radius 2 is 1.73 bits per heavy atom. The Bertz CT molecular complexity index is 320. The molecular formula is C18H31BrO3. The third-order valence-electron chi connectivity index (χ3n) is 3.18. The second-order valence-corrected chi connectivity index (χ2v) is 6.07. The van der Waals surface area contributed by atoms with Crippen LogP contribution in [0.3, 0.4) is 0 Å². The van der Waals surface area contributed by atoms with Crippen molar-refractivity contribution in [2.75, 3.05) is 18.5 Å². The van der Waals surface area contributed by atoms with Crippen LogP contribution in [0.4, 0.5) is 0 Å². The highest BCUT2D eigenvalue weighted by Crippen LogP contribution is 2.08. The highest BCUT2D eigenvalue weighted by atomic mass is 79.9. The molecule has 0 radical (unpaired) electrons. The number of ether oxygens (including phenoxy) is 2. The molecule has 0 bridgehead atoms. The van der Waals surface area contributed by atoms with Gasteiger partial charge in [0.05, 0.1) is 13.2 Å². The first kappa shape index (κ1) is 21.5. The maximum Gasteiger partial charge on any atom is 0.335 e. The fourth-order valence-electron chi connectivity index (χ4n) is 1.82. The molecule has 0 aliphatic rings. The van der Waals surface area contributed by atoms with Crippen LogP contribution in [-0.4, -0.2) is 30.6 Å². The summed E-state index contributed by atoms with van der Waals surface area (Å²) in [5.74, 6) is 6.01. The van der Waals surface area contributed by atoms with Crippen LogP contribution in [0.1, 0.15) is 71.6 Å². The lowest BCUT2D eigenvalue weighted by molar-refractivity contribution is -0.157. The minimum absolute atomic E-state index is 0.220. The molecule has 0 aromatic rings. The quantitative estimate of drug-likeness (QED) is 0.200. The topological polar surface area (TPSA) is 35.5 Å². The van der Waals surface area contributed by atoms with E-state index in [-0.39, 0.29) is 5.97 Å². The molecule has 0 rings (SSSR count). The first-order valence-electron chi connectivity index (χ1n) is 8.56. The van der Waals surface area contributed by atoms with Gasteiger partial charge in [0.1, 0.15) is 0 Å². The number of rotatable bonds is 13. The number of unbranched alkanes of at least 4 members (excludes halogenated alkanes) is 4. The summed E-state index contributed by atoms with van der Waals surface area (Å²) >= 11 is 3.37. The minimum Gasteiger partial charge on any atom is -0.464 e. The van der Waals surface area contributed by atoms with E-state index in [4.69, 9.17) is 9.47 Å². The molecule has 0 aliphatic heterocycles. The zero-order valence-corrected chi connectivity index (χ0v) is 15.8. The molecule has 1 atom stereocenters. The van der Waals surface area contributed by atoms with Crippen molar-refractivity contribution >= 4 is 21.9 Å². The maximum atomic E-state index is 12.0. The van der Waals surface area contributed by atoms with Gasteiger partial charge in [-0.25, -0.2) is 4.79 Å². The van der Waals surface area contributed by atoms with Crippen molar-refractivity contribution in [3.63, 3.8) is 0 Å². The van der Waals surface area contributed by atoms with Crippen LogP contribution in [0, 0.1) is 11.8 Å². The normalized spacial score (nSPS) is 11.6. The first-order valence-corrected chi connectivity index (χ1v) is 9.68. The standard InChI is InChI=1S/C18H31BrO3/c1-3-5-7-8-9-11-15-21-17(13-6-4-2)18(20)22-16-12-10-14-19/h17H,3-7,10-16H2,1-2H3. The molecule has 0 saturated heterocycles. The van der Waals surface area contributed by atoms with Crippen molar-refractivity contribution in [3.05, 3.63) is 0 Å². The summed E-state index contributed by atoms with van der Waals surface area (Å²) in [4.78, 5) is 12.0. The molecule has 0 spiro atoms. The summed E-state index contributed by atoms with van der Waals surface area (Å²) in [6, 6.07) is 0. The molecule has 0 amide bonds. The smallest absolute Gasteiger partial charge is 0.335 e. The van der Waals surface area contributed by atoms with Gasteiger partial charge >= 0.3 is 5.97 Å². The highest BCUT2D eigenvalue weighted by molar-refractivity contribution is 9.09. The van der Waals surface area contributed by atoms with Gasteiger partial charge in [-0.15, -0.1) is 11.8 Å². The Morgan fingerprint density at radius 1 is 1.00 bits per heavy atom. The van der Waals surface area contributed by atoms with Crippen LogP contribution in [0.25, 0.3) is 0 Å². The van der Waals surface area contributed by atoms with E-state index in [1.807, 2.05) is 0 Å². The van der Waals surface area contributed by atoms with Gasteiger partial charge in [-0.3, -0.25) is 0 Å². The van der Waals surface area contributed by atoms with Gasteiger partial charge in [-0.05, 0) is 25.7 Å². The molecule has 0 aromatic carbocycles. The van der Waals surface area contributed by atoms with Gasteiger partial charge in [0, 0.05) is 18.2 Å². The molecule has 128 valence electrons. The lowest BCUT2D eigenvalue weighted by Crippen LogP contribution is -2.27. The van der Waals surface area contributed by atoms with Crippen molar-refractivity contribution < 1.29 is 14.3 Å². The molecule has 4 heteroatoms. The monoisotopic (exact) mass is 374 g/mol. The van der Waals surface area contributed by atoms with E-state index in [0.29, 0.717) is 19.6 Å². The summed E-state index contributed by atoms with van der Waals surface area (Å²) < 4.78 is 11.0. The predicted octanol–water partition coefficient (Wildman–Crippen LogP) is 4.86. The number of alkyl halides is 1. The lowest BCUT2D eigenvalue weighted by Gasteiger charge is -2.16. The molecule has 0 saturated carbocycles. The molecule has 0 heterocycles. The molecule has 0 N–H and O–H groups in total. The highest BCUT2D eigenvalue weighted by Gasteiger charge is 2.19. The Hall–Kier alpha value is -0.530. The van der Waals surface area contributed by atoms with E-state index < -0.39 is 6.10 Å². The molecule has 1 unspecified atom stereocenters. The predicted molar refractivity (Wildman–Crippen MR) is 95.2 cm³/mol. The number of hydrogen-bond donors (Lipinski definition) is 0. The summed E-state index contributed by atoms with van der Waals surface area (Å²) in [7, 11) is 0. The van der Waals surface area contributed by atoms with Crippen LogP contribution in [0.15, 0.2) is 0 Å². The van der Waals surface area contributed by atoms with Crippen LogP contribution < -0.4 is 0 Å². The second kappa shape index (κ2) is 16.8. The van der Waals surface area contributed by atoms with Gasteiger partial charge < -0.3 is 9.47 Å². The molecule has 3 nitrogen and oxygen atoms in total. The van der Waals surface area contributed by atoms with E-state index in [9.17, 15) is 4.79 Å². The van der Waals surface area contributed by atoms with Crippen molar-refractivity contribution in [1.82, 2.24) is 0 Å². The number of hydrogen-bond acceptors (Lipinski definition) is 3. The Balaban J connectivity index is 3.98. The average Bonchev–Trinajstić information content (AvgIpc) is 2.53. The molecule has 0 aliphatic carbocycles. The van der Waals surface area contributed by atoms with Crippen molar-refractivity contribution in [2.24, 2.45) is 0 Å². The lowest BCUT2D eigenvalue weighted by atomic mass is 10.1. The van der Waals surface area contributed by atoms with Gasteiger partial charge in [0.25, 0.3) is 0 Å². The van der Waals surface area contributed by atoms with Crippen LogP contribution in [0.2, 0.25) is 0 Å². The van der Waals surface area contributed by atoms with Crippen molar-refractivity contribution in [2.45, 2.75) is 77.7 Å².